The maximum atomic E-state index is 13.3. The largest absolute Gasteiger partial charge is 0.289 e. The van der Waals surface area contributed by atoms with Crippen LogP contribution in [0.3, 0.4) is 0 Å². The van der Waals surface area contributed by atoms with Crippen LogP contribution in [0.25, 0.3) is 5.70 Å². The molecule has 32 heavy (non-hydrogen) atoms. The zero-order valence-electron chi connectivity index (χ0n) is 19.6. The van der Waals surface area contributed by atoms with E-state index in [1.165, 1.54) is 0 Å². The fourth-order valence-corrected chi connectivity index (χ4v) is 3.47. The van der Waals surface area contributed by atoms with Crippen LogP contribution in [-0.2, 0) is 4.79 Å². The Balaban J connectivity index is 2.24. The van der Waals surface area contributed by atoms with Crippen molar-refractivity contribution >= 4 is 17.2 Å². The van der Waals surface area contributed by atoms with E-state index in [1.807, 2.05) is 42.5 Å². The van der Waals surface area contributed by atoms with Crippen molar-refractivity contribution in [3.8, 4) is 6.07 Å². The van der Waals surface area contributed by atoms with E-state index in [0.717, 1.165) is 22.3 Å². The van der Waals surface area contributed by atoms with Crippen LogP contribution >= 0.6 is 0 Å². The normalized spacial score (nSPS) is 14.8. The number of allylic oxidation sites excluding steroid dienone is 5. The van der Waals surface area contributed by atoms with Gasteiger partial charge in [0, 0.05) is 22.3 Å². The summed E-state index contributed by atoms with van der Waals surface area (Å²) in [5.74, 6) is 0.0881. The third kappa shape index (κ3) is 5.18. The minimum absolute atomic E-state index is 0.0881. The SMILES string of the molecule is CC(C)(C)C1=CC(=C(N=Nc2ccc(C#N)cc2)c2ccccc2)C=C(C(C)(C)C)C1=O. The fraction of sp³-hybridized carbons (Fsp3) is 0.286. The third-order valence-corrected chi connectivity index (χ3v) is 5.29. The molecule has 0 fully saturated rings. The van der Waals surface area contributed by atoms with Crippen LogP contribution < -0.4 is 0 Å². The zero-order valence-corrected chi connectivity index (χ0v) is 19.6. The lowest BCUT2D eigenvalue weighted by atomic mass is 9.71. The molecule has 0 aromatic heterocycles. The van der Waals surface area contributed by atoms with Crippen LogP contribution in [0.5, 0.6) is 0 Å². The van der Waals surface area contributed by atoms with Gasteiger partial charge in [-0.25, -0.2) is 0 Å². The van der Waals surface area contributed by atoms with Crippen LogP contribution in [0.1, 0.15) is 52.7 Å². The summed E-state index contributed by atoms with van der Waals surface area (Å²) >= 11 is 0. The summed E-state index contributed by atoms with van der Waals surface area (Å²) in [7, 11) is 0. The molecule has 0 unspecified atom stereocenters. The average molecular weight is 424 g/mol. The van der Waals surface area contributed by atoms with Gasteiger partial charge < -0.3 is 0 Å². The standard InChI is InChI=1S/C28H29N3O/c1-27(2,3)23-16-21(17-24(26(23)32)28(4,5)6)25(20-10-8-7-9-11-20)31-30-22-14-12-19(18-29)13-15-22/h7-17H,1-6H3. The fourth-order valence-electron chi connectivity index (χ4n) is 3.47. The number of benzene rings is 2. The van der Waals surface area contributed by atoms with Crippen molar-refractivity contribution in [1.82, 2.24) is 0 Å². The zero-order chi connectivity index (χ0) is 23.5. The Bertz CT molecular complexity index is 1140. The molecule has 0 bridgehead atoms. The molecule has 0 radical (unpaired) electrons. The van der Waals surface area contributed by atoms with Crippen LogP contribution in [0.2, 0.25) is 0 Å². The monoisotopic (exact) mass is 423 g/mol. The molecule has 0 saturated carbocycles. The molecule has 0 saturated heterocycles. The van der Waals surface area contributed by atoms with E-state index >= 15 is 0 Å². The minimum Gasteiger partial charge on any atom is -0.289 e. The van der Waals surface area contributed by atoms with Gasteiger partial charge >= 0.3 is 0 Å². The van der Waals surface area contributed by atoms with Gasteiger partial charge in [-0.2, -0.15) is 10.4 Å². The number of nitrogens with zero attached hydrogens (tertiary/aromatic N) is 3. The van der Waals surface area contributed by atoms with E-state index in [1.54, 1.807) is 24.3 Å². The van der Waals surface area contributed by atoms with E-state index in [4.69, 9.17) is 5.26 Å². The summed E-state index contributed by atoms with van der Waals surface area (Å²) in [6.45, 7) is 12.3. The maximum Gasteiger partial charge on any atom is 0.186 e. The van der Waals surface area contributed by atoms with Crippen molar-refractivity contribution in [2.75, 3.05) is 0 Å². The van der Waals surface area contributed by atoms with Gasteiger partial charge in [0.05, 0.1) is 17.3 Å². The topological polar surface area (TPSA) is 65.6 Å². The highest BCUT2D eigenvalue weighted by Gasteiger charge is 2.34. The average Bonchev–Trinajstić information content (AvgIpc) is 2.74. The quantitative estimate of drug-likeness (QED) is 0.477. The van der Waals surface area contributed by atoms with Crippen molar-refractivity contribution in [2.24, 2.45) is 21.1 Å². The van der Waals surface area contributed by atoms with Gasteiger partial charge in [-0.15, -0.1) is 5.11 Å². The molecule has 2 aromatic carbocycles. The molecular weight excluding hydrogens is 394 g/mol. The lowest BCUT2D eigenvalue weighted by Crippen LogP contribution is -2.28. The third-order valence-electron chi connectivity index (χ3n) is 5.29. The number of rotatable bonds is 3. The molecule has 0 atom stereocenters. The van der Waals surface area contributed by atoms with Crippen molar-refractivity contribution in [1.29, 1.82) is 5.26 Å². The van der Waals surface area contributed by atoms with Gasteiger partial charge in [-0.1, -0.05) is 71.9 Å². The van der Waals surface area contributed by atoms with Crippen LogP contribution in [-0.4, -0.2) is 5.78 Å². The predicted molar refractivity (Wildman–Crippen MR) is 129 cm³/mol. The second-order valence-electron chi connectivity index (χ2n) is 9.97. The number of hydrogen-bond acceptors (Lipinski definition) is 4. The summed E-state index contributed by atoms with van der Waals surface area (Å²) < 4.78 is 0. The first-order valence-electron chi connectivity index (χ1n) is 10.7. The Morgan fingerprint density at radius 3 is 1.81 bits per heavy atom. The summed E-state index contributed by atoms with van der Waals surface area (Å²) in [6, 6.07) is 19.0. The van der Waals surface area contributed by atoms with Crippen LogP contribution in [0.15, 0.2) is 93.7 Å². The first kappa shape index (κ1) is 23.1. The van der Waals surface area contributed by atoms with Gasteiger partial charge in [-0.3, -0.25) is 4.79 Å². The molecule has 1 aliphatic carbocycles. The van der Waals surface area contributed by atoms with E-state index in [9.17, 15) is 4.79 Å². The first-order valence-corrected chi connectivity index (χ1v) is 10.7. The van der Waals surface area contributed by atoms with E-state index < -0.39 is 0 Å². The Kier molecular flexibility index (Phi) is 6.41. The second-order valence-corrected chi connectivity index (χ2v) is 9.97. The molecular formula is C28H29N3O. The molecule has 0 heterocycles. The van der Waals surface area contributed by atoms with E-state index in [2.05, 4.69) is 57.8 Å². The summed E-state index contributed by atoms with van der Waals surface area (Å²) in [4.78, 5) is 13.3. The van der Waals surface area contributed by atoms with Crippen molar-refractivity contribution < 1.29 is 4.79 Å². The molecule has 1 aliphatic rings. The predicted octanol–water partition coefficient (Wildman–Crippen LogP) is 7.58. The maximum absolute atomic E-state index is 13.3. The first-order chi connectivity index (χ1) is 15.0. The molecule has 0 amide bonds. The van der Waals surface area contributed by atoms with Gasteiger partial charge in [0.1, 0.15) is 5.70 Å². The number of azo groups is 1. The highest BCUT2D eigenvalue weighted by molar-refractivity contribution is 6.12. The Morgan fingerprint density at radius 1 is 0.812 bits per heavy atom. The number of ketones is 1. The number of carbonyl (C=O) groups excluding carboxylic acids is 1. The van der Waals surface area contributed by atoms with E-state index in [0.29, 0.717) is 16.9 Å². The van der Waals surface area contributed by atoms with Crippen molar-refractivity contribution in [3.05, 3.63) is 94.6 Å². The Hall–Kier alpha value is -3.58. The Labute approximate surface area is 190 Å². The molecule has 0 N–H and O–H groups in total. The molecule has 0 aliphatic heterocycles. The number of nitriles is 1. The minimum atomic E-state index is -0.306. The lowest BCUT2D eigenvalue weighted by molar-refractivity contribution is -0.114. The summed E-state index contributed by atoms with van der Waals surface area (Å²) in [5.41, 5.74) is 4.64. The van der Waals surface area contributed by atoms with Gasteiger partial charge in [0.2, 0.25) is 0 Å². The number of carbonyl (C=O) groups is 1. The number of Topliss-reactive ketones (excluding diaryl/α,β-unsaturated/α-hetero) is 1. The summed E-state index contributed by atoms with van der Waals surface area (Å²) in [5, 5.41) is 18.1. The summed E-state index contributed by atoms with van der Waals surface area (Å²) in [6.07, 6.45) is 3.91. The Morgan fingerprint density at radius 2 is 1.34 bits per heavy atom. The van der Waals surface area contributed by atoms with Crippen molar-refractivity contribution in [2.45, 2.75) is 41.5 Å². The lowest BCUT2D eigenvalue weighted by Gasteiger charge is -2.31. The second kappa shape index (κ2) is 8.88. The molecule has 0 spiro atoms. The van der Waals surface area contributed by atoms with Gasteiger partial charge in [-0.05, 0) is 47.2 Å². The van der Waals surface area contributed by atoms with E-state index in [-0.39, 0.29) is 16.6 Å². The molecule has 162 valence electrons. The highest BCUT2D eigenvalue weighted by Crippen LogP contribution is 2.40. The van der Waals surface area contributed by atoms with Crippen molar-refractivity contribution in [3.63, 3.8) is 0 Å². The molecule has 4 nitrogen and oxygen atoms in total. The number of hydrogen-bond donors (Lipinski definition) is 0. The highest BCUT2D eigenvalue weighted by atomic mass is 16.1. The molecule has 2 aromatic rings. The smallest absolute Gasteiger partial charge is 0.186 e. The van der Waals surface area contributed by atoms with Crippen LogP contribution in [0.4, 0.5) is 5.69 Å². The molecule has 3 rings (SSSR count). The molecule has 4 heteroatoms. The van der Waals surface area contributed by atoms with Gasteiger partial charge in [0.25, 0.3) is 0 Å². The van der Waals surface area contributed by atoms with Gasteiger partial charge in [0.15, 0.2) is 5.78 Å². The van der Waals surface area contributed by atoms with Crippen LogP contribution in [0, 0.1) is 22.2 Å².